The lowest BCUT2D eigenvalue weighted by atomic mass is 9.79. The average molecular weight is 257 g/mol. The van der Waals surface area contributed by atoms with Crippen molar-refractivity contribution in [2.45, 2.75) is 44.2 Å². The number of hydrogen-bond donors (Lipinski definition) is 2. The van der Waals surface area contributed by atoms with Crippen molar-refractivity contribution in [1.29, 1.82) is 0 Å². The summed E-state index contributed by atoms with van der Waals surface area (Å²) in [5.41, 5.74) is 9.66. The number of hydrogen-bond acceptors (Lipinski definition) is 5. The zero-order chi connectivity index (χ0) is 13.1. The number of nitrogens with one attached hydrogen (secondary N) is 1. The summed E-state index contributed by atoms with van der Waals surface area (Å²) in [6, 6.07) is 0. The van der Waals surface area contributed by atoms with Crippen molar-refractivity contribution in [3.05, 3.63) is 0 Å². The van der Waals surface area contributed by atoms with Gasteiger partial charge in [0.25, 0.3) is 0 Å². The van der Waals surface area contributed by atoms with Crippen LogP contribution in [0.1, 0.15) is 33.1 Å². The predicted octanol–water partition coefficient (Wildman–Crippen LogP) is 0.500. The van der Waals surface area contributed by atoms with Gasteiger partial charge >= 0.3 is 0 Å². The van der Waals surface area contributed by atoms with Crippen LogP contribution in [0, 0.1) is 0 Å². The molecule has 0 radical (unpaired) electrons. The van der Waals surface area contributed by atoms with Crippen LogP contribution in [-0.2, 0) is 9.47 Å². The van der Waals surface area contributed by atoms with Gasteiger partial charge in [0, 0.05) is 31.8 Å². The first-order chi connectivity index (χ1) is 8.61. The molecule has 2 unspecified atom stereocenters. The molecule has 0 aliphatic carbocycles. The third-order valence-corrected chi connectivity index (χ3v) is 4.29. The lowest BCUT2D eigenvalue weighted by molar-refractivity contribution is -0.119. The van der Waals surface area contributed by atoms with Crippen molar-refractivity contribution in [3.63, 3.8) is 0 Å². The molecule has 0 aromatic rings. The van der Waals surface area contributed by atoms with Gasteiger partial charge in [-0.05, 0) is 26.2 Å². The van der Waals surface area contributed by atoms with E-state index in [-0.39, 0.29) is 11.1 Å². The molecule has 0 aromatic heterocycles. The van der Waals surface area contributed by atoms with E-state index < -0.39 is 0 Å². The Morgan fingerprint density at radius 3 is 2.61 bits per heavy atom. The summed E-state index contributed by atoms with van der Waals surface area (Å²) in [5.74, 6) is 0. The number of nitrogens with zero attached hydrogens (tertiary/aromatic N) is 1. The SMILES string of the molecule is CCC1(C)CC(CN)(NN2CCOCC2)CCO1. The van der Waals surface area contributed by atoms with Crippen molar-refractivity contribution in [2.24, 2.45) is 5.73 Å². The van der Waals surface area contributed by atoms with Gasteiger partial charge in [0.05, 0.1) is 18.8 Å². The van der Waals surface area contributed by atoms with E-state index in [1.165, 1.54) is 0 Å². The Bertz CT molecular complexity index is 271. The minimum atomic E-state index is -0.0447. The molecule has 18 heavy (non-hydrogen) atoms. The minimum Gasteiger partial charge on any atom is -0.379 e. The molecule has 0 amide bonds. The largest absolute Gasteiger partial charge is 0.379 e. The highest BCUT2D eigenvalue weighted by molar-refractivity contribution is 4.98. The molecule has 2 rings (SSSR count). The molecule has 3 N–H and O–H groups in total. The van der Waals surface area contributed by atoms with Gasteiger partial charge in [-0.25, -0.2) is 10.4 Å². The molecule has 2 fully saturated rings. The molecule has 2 aliphatic rings. The van der Waals surface area contributed by atoms with E-state index in [2.05, 4.69) is 24.3 Å². The Kier molecular flexibility index (Phi) is 4.61. The molecule has 0 spiro atoms. The first-order valence-electron chi connectivity index (χ1n) is 7.06. The van der Waals surface area contributed by atoms with Gasteiger partial charge in [-0.3, -0.25) is 0 Å². The fourth-order valence-corrected chi connectivity index (χ4v) is 2.90. The van der Waals surface area contributed by atoms with Gasteiger partial charge in [-0.1, -0.05) is 6.92 Å². The van der Waals surface area contributed by atoms with E-state index in [1.807, 2.05) is 0 Å². The Hall–Kier alpha value is -0.200. The molecular formula is C13H27N3O2. The van der Waals surface area contributed by atoms with Crippen LogP contribution in [-0.4, -0.2) is 55.6 Å². The minimum absolute atomic E-state index is 0.0135. The number of morpholine rings is 1. The summed E-state index contributed by atoms with van der Waals surface area (Å²) in [6.45, 7) is 9.29. The lowest BCUT2D eigenvalue weighted by Crippen LogP contribution is -2.65. The van der Waals surface area contributed by atoms with Crippen molar-refractivity contribution < 1.29 is 9.47 Å². The fourth-order valence-electron chi connectivity index (χ4n) is 2.90. The predicted molar refractivity (Wildman–Crippen MR) is 71.2 cm³/mol. The highest BCUT2D eigenvalue weighted by atomic mass is 16.5. The van der Waals surface area contributed by atoms with E-state index >= 15 is 0 Å². The van der Waals surface area contributed by atoms with Gasteiger partial charge in [-0.15, -0.1) is 0 Å². The first kappa shape index (κ1) is 14.2. The third kappa shape index (κ3) is 3.22. The summed E-state index contributed by atoms with van der Waals surface area (Å²) in [7, 11) is 0. The number of ether oxygens (including phenoxy) is 2. The molecule has 2 saturated heterocycles. The van der Waals surface area contributed by atoms with Gasteiger partial charge in [0.2, 0.25) is 0 Å². The fraction of sp³-hybridized carbons (Fsp3) is 1.00. The van der Waals surface area contributed by atoms with Crippen LogP contribution in [0.2, 0.25) is 0 Å². The first-order valence-corrected chi connectivity index (χ1v) is 7.06. The van der Waals surface area contributed by atoms with Crippen molar-refractivity contribution in [3.8, 4) is 0 Å². The standard InChI is InChI=1S/C13H27N3O2/c1-3-12(2)10-13(11-14,4-7-18-12)15-16-5-8-17-9-6-16/h15H,3-11,14H2,1-2H3. The van der Waals surface area contributed by atoms with E-state index in [0.29, 0.717) is 6.54 Å². The van der Waals surface area contributed by atoms with Gasteiger partial charge in [0.15, 0.2) is 0 Å². The van der Waals surface area contributed by atoms with E-state index in [0.717, 1.165) is 52.2 Å². The van der Waals surface area contributed by atoms with Crippen molar-refractivity contribution in [2.75, 3.05) is 39.5 Å². The Labute approximate surface area is 110 Å². The highest BCUT2D eigenvalue weighted by Gasteiger charge is 2.42. The topological polar surface area (TPSA) is 59.8 Å². The monoisotopic (exact) mass is 257 g/mol. The van der Waals surface area contributed by atoms with Crippen LogP contribution >= 0.6 is 0 Å². The molecule has 5 heteroatoms. The number of nitrogens with two attached hydrogens (primary N) is 1. The molecule has 0 saturated carbocycles. The molecule has 0 aromatic carbocycles. The van der Waals surface area contributed by atoms with Crippen LogP contribution in [0.15, 0.2) is 0 Å². The maximum absolute atomic E-state index is 6.06. The molecule has 2 heterocycles. The molecule has 106 valence electrons. The Morgan fingerprint density at radius 2 is 2.00 bits per heavy atom. The summed E-state index contributed by atoms with van der Waals surface area (Å²) >= 11 is 0. The molecule has 0 bridgehead atoms. The second-order valence-electron chi connectivity index (χ2n) is 5.77. The molecule has 2 atom stereocenters. The lowest BCUT2D eigenvalue weighted by Gasteiger charge is -2.48. The van der Waals surface area contributed by atoms with Gasteiger partial charge in [0.1, 0.15) is 0 Å². The summed E-state index contributed by atoms with van der Waals surface area (Å²) in [5, 5.41) is 2.26. The van der Waals surface area contributed by atoms with Crippen molar-refractivity contribution in [1.82, 2.24) is 10.4 Å². The van der Waals surface area contributed by atoms with Crippen LogP contribution < -0.4 is 11.2 Å². The zero-order valence-corrected chi connectivity index (χ0v) is 11.7. The number of hydrazine groups is 1. The van der Waals surface area contributed by atoms with Gasteiger partial charge in [-0.2, -0.15) is 0 Å². The van der Waals surface area contributed by atoms with E-state index in [9.17, 15) is 0 Å². The van der Waals surface area contributed by atoms with E-state index in [4.69, 9.17) is 15.2 Å². The maximum Gasteiger partial charge on any atom is 0.0670 e. The van der Waals surface area contributed by atoms with Crippen LogP contribution in [0.25, 0.3) is 0 Å². The molecule has 5 nitrogen and oxygen atoms in total. The third-order valence-electron chi connectivity index (χ3n) is 4.29. The second kappa shape index (κ2) is 5.84. The quantitative estimate of drug-likeness (QED) is 0.768. The van der Waals surface area contributed by atoms with E-state index in [1.54, 1.807) is 0 Å². The van der Waals surface area contributed by atoms with Crippen molar-refractivity contribution >= 4 is 0 Å². The normalized spacial score (nSPS) is 38.8. The highest BCUT2D eigenvalue weighted by Crippen LogP contribution is 2.34. The Morgan fingerprint density at radius 1 is 1.28 bits per heavy atom. The average Bonchev–Trinajstić information content (AvgIpc) is 2.40. The van der Waals surface area contributed by atoms with Gasteiger partial charge < -0.3 is 15.2 Å². The summed E-state index contributed by atoms with van der Waals surface area (Å²) in [6.07, 6.45) is 2.99. The second-order valence-corrected chi connectivity index (χ2v) is 5.77. The molecule has 2 aliphatic heterocycles. The summed E-state index contributed by atoms with van der Waals surface area (Å²) < 4.78 is 11.3. The van der Waals surface area contributed by atoms with Crippen LogP contribution in [0.4, 0.5) is 0 Å². The Balaban J connectivity index is 2.00. The van der Waals surface area contributed by atoms with Crippen LogP contribution in [0.3, 0.4) is 0 Å². The zero-order valence-electron chi connectivity index (χ0n) is 11.7. The maximum atomic E-state index is 6.06. The smallest absolute Gasteiger partial charge is 0.0670 e. The number of rotatable bonds is 4. The summed E-state index contributed by atoms with van der Waals surface area (Å²) in [4.78, 5) is 0. The van der Waals surface area contributed by atoms with Crippen LogP contribution in [0.5, 0.6) is 0 Å². The molecular weight excluding hydrogens is 230 g/mol.